The van der Waals surface area contributed by atoms with E-state index in [4.69, 9.17) is 5.11 Å². The molecule has 0 heterocycles. The second-order valence-corrected chi connectivity index (χ2v) is 5.97. The van der Waals surface area contributed by atoms with Gasteiger partial charge in [-0.05, 0) is 63.8 Å². The van der Waals surface area contributed by atoms with Crippen molar-refractivity contribution >= 4 is 5.97 Å². The second kappa shape index (κ2) is 6.53. The van der Waals surface area contributed by atoms with Gasteiger partial charge in [0.15, 0.2) is 0 Å². The average molecular weight is 255 g/mol. The maximum atomic E-state index is 10.9. The van der Waals surface area contributed by atoms with Crippen molar-refractivity contribution in [3.05, 3.63) is 0 Å². The Bertz CT molecular complexity index is 266. The molecule has 2 saturated carbocycles. The quantitative estimate of drug-likeness (QED) is 0.716. The van der Waals surface area contributed by atoms with Crippen molar-refractivity contribution < 1.29 is 15.0 Å². The standard InChI is InChI=1S/C14H25NO3/c16-13-7-1-10(2-8-13)9-15-12-5-3-11(4-6-12)14(17)18/h10-13,15-16H,1-9H2,(H,17,18). The zero-order valence-corrected chi connectivity index (χ0v) is 11.0. The van der Waals surface area contributed by atoms with E-state index < -0.39 is 5.97 Å². The Morgan fingerprint density at radius 3 is 2.17 bits per heavy atom. The molecule has 0 saturated heterocycles. The van der Waals surface area contributed by atoms with Gasteiger partial charge in [0.1, 0.15) is 0 Å². The first kappa shape index (κ1) is 13.8. The van der Waals surface area contributed by atoms with Crippen LogP contribution in [-0.2, 0) is 4.79 Å². The van der Waals surface area contributed by atoms with Crippen molar-refractivity contribution in [2.24, 2.45) is 11.8 Å². The van der Waals surface area contributed by atoms with Crippen molar-refractivity contribution in [2.75, 3.05) is 6.54 Å². The lowest BCUT2D eigenvalue weighted by atomic mass is 9.84. The van der Waals surface area contributed by atoms with Gasteiger partial charge in [-0.25, -0.2) is 0 Å². The molecule has 2 aliphatic carbocycles. The van der Waals surface area contributed by atoms with E-state index in [0.29, 0.717) is 12.0 Å². The normalized spacial score (nSPS) is 37.4. The number of aliphatic hydroxyl groups is 1. The number of carboxylic acids is 1. The van der Waals surface area contributed by atoms with Gasteiger partial charge >= 0.3 is 5.97 Å². The number of hydrogen-bond acceptors (Lipinski definition) is 3. The van der Waals surface area contributed by atoms with E-state index in [0.717, 1.165) is 57.9 Å². The van der Waals surface area contributed by atoms with Gasteiger partial charge in [-0.15, -0.1) is 0 Å². The van der Waals surface area contributed by atoms with Crippen molar-refractivity contribution in [3.63, 3.8) is 0 Å². The summed E-state index contributed by atoms with van der Waals surface area (Å²) in [6.07, 6.45) is 7.67. The lowest BCUT2D eigenvalue weighted by Gasteiger charge is -2.30. The van der Waals surface area contributed by atoms with Crippen LogP contribution in [0.25, 0.3) is 0 Å². The fraction of sp³-hybridized carbons (Fsp3) is 0.929. The lowest BCUT2D eigenvalue weighted by molar-refractivity contribution is -0.142. The summed E-state index contributed by atoms with van der Waals surface area (Å²) in [6, 6.07) is 0.507. The summed E-state index contributed by atoms with van der Waals surface area (Å²) in [5.41, 5.74) is 0. The van der Waals surface area contributed by atoms with Crippen molar-refractivity contribution in [1.82, 2.24) is 5.32 Å². The first-order valence-electron chi connectivity index (χ1n) is 7.29. The molecule has 0 aromatic carbocycles. The molecule has 0 radical (unpaired) electrons. The largest absolute Gasteiger partial charge is 0.481 e. The van der Waals surface area contributed by atoms with E-state index in [-0.39, 0.29) is 12.0 Å². The highest BCUT2D eigenvalue weighted by molar-refractivity contribution is 5.70. The SMILES string of the molecule is O=C(O)C1CCC(NCC2CCC(O)CC2)CC1. The molecule has 4 nitrogen and oxygen atoms in total. The van der Waals surface area contributed by atoms with E-state index in [9.17, 15) is 9.90 Å². The third kappa shape index (κ3) is 3.95. The van der Waals surface area contributed by atoms with Crippen LogP contribution in [0.2, 0.25) is 0 Å². The van der Waals surface area contributed by atoms with Crippen LogP contribution < -0.4 is 5.32 Å². The van der Waals surface area contributed by atoms with Gasteiger partial charge in [0.25, 0.3) is 0 Å². The number of nitrogens with one attached hydrogen (secondary N) is 1. The minimum Gasteiger partial charge on any atom is -0.481 e. The molecule has 104 valence electrons. The van der Waals surface area contributed by atoms with Gasteiger partial charge in [-0.1, -0.05) is 0 Å². The number of aliphatic carboxylic acids is 1. The smallest absolute Gasteiger partial charge is 0.306 e. The van der Waals surface area contributed by atoms with E-state index in [2.05, 4.69) is 5.32 Å². The van der Waals surface area contributed by atoms with Crippen LogP contribution in [0, 0.1) is 11.8 Å². The predicted octanol–water partition coefficient (Wildman–Crippen LogP) is 1.77. The van der Waals surface area contributed by atoms with E-state index in [1.54, 1.807) is 0 Å². The Hall–Kier alpha value is -0.610. The van der Waals surface area contributed by atoms with Gasteiger partial charge in [0.2, 0.25) is 0 Å². The Morgan fingerprint density at radius 2 is 1.61 bits per heavy atom. The third-order valence-electron chi connectivity index (χ3n) is 4.59. The van der Waals surface area contributed by atoms with Crippen LogP contribution >= 0.6 is 0 Å². The molecule has 0 amide bonds. The second-order valence-electron chi connectivity index (χ2n) is 5.97. The molecule has 0 aromatic rings. The molecule has 0 spiro atoms. The van der Waals surface area contributed by atoms with Crippen molar-refractivity contribution in [2.45, 2.75) is 63.5 Å². The minimum atomic E-state index is -0.630. The summed E-state index contributed by atoms with van der Waals surface area (Å²) in [4.78, 5) is 10.9. The summed E-state index contributed by atoms with van der Waals surface area (Å²) in [6.45, 7) is 1.04. The van der Waals surface area contributed by atoms with E-state index in [1.807, 2.05) is 0 Å². The summed E-state index contributed by atoms with van der Waals surface area (Å²) in [5, 5.41) is 22.0. The molecule has 0 aromatic heterocycles. The maximum Gasteiger partial charge on any atom is 0.306 e. The topological polar surface area (TPSA) is 69.6 Å². The van der Waals surface area contributed by atoms with Crippen LogP contribution in [0.5, 0.6) is 0 Å². The molecular weight excluding hydrogens is 230 g/mol. The molecule has 2 aliphatic rings. The summed E-state index contributed by atoms with van der Waals surface area (Å²) >= 11 is 0. The molecule has 2 rings (SSSR count). The van der Waals surface area contributed by atoms with Crippen molar-refractivity contribution in [1.29, 1.82) is 0 Å². The Labute approximate surface area is 109 Å². The summed E-state index contributed by atoms with van der Waals surface area (Å²) in [7, 11) is 0. The van der Waals surface area contributed by atoms with Crippen LogP contribution in [0.3, 0.4) is 0 Å². The van der Waals surface area contributed by atoms with Crippen LogP contribution in [-0.4, -0.2) is 34.9 Å². The van der Waals surface area contributed by atoms with Crippen LogP contribution in [0.15, 0.2) is 0 Å². The fourth-order valence-electron chi connectivity index (χ4n) is 3.23. The monoisotopic (exact) mass is 255 g/mol. The third-order valence-corrected chi connectivity index (χ3v) is 4.59. The first-order chi connectivity index (χ1) is 8.65. The molecule has 3 N–H and O–H groups in total. The van der Waals surface area contributed by atoms with Gasteiger partial charge < -0.3 is 15.5 Å². The van der Waals surface area contributed by atoms with Crippen molar-refractivity contribution in [3.8, 4) is 0 Å². The molecule has 18 heavy (non-hydrogen) atoms. The summed E-state index contributed by atoms with van der Waals surface area (Å²) in [5.74, 6) is -0.0480. The Kier molecular flexibility index (Phi) is 5.01. The van der Waals surface area contributed by atoms with Gasteiger partial charge in [0, 0.05) is 6.04 Å². The maximum absolute atomic E-state index is 10.9. The molecule has 0 atom stereocenters. The molecule has 0 bridgehead atoms. The summed E-state index contributed by atoms with van der Waals surface area (Å²) < 4.78 is 0. The number of aliphatic hydroxyl groups excluding tert-OH is 1. The highest BCUT2D eigenvalue weighted by Gasteiger charge is 2.26. The zero-order chi connectivity index (χ0) is 13.0. The average Bonchev–Trinajstić information content (AvgIpc) is 2.38. The van der Waals surface area contributed by atoms with Gasteiger partial charge in [0.05, 0.1) is 12.0 Å². The fourth-order valence-corrected chi connectivity index (χ4v) is 3.23. The van der Waals surface area contributed by atoms with Gasteiger partial charge in [-0.3, -0.25) is 4.79 Å². The van der Waals surface area contributed by atoms with Crippen LogP contribution in [0.4, 0.5) is 0 Å². The predicted molar refractivity (Wildman–Crippen MR) is 69.3 cm³/mol. The van der Waals surface area contributed by atoms with Crippen LogP contribution in [0.1, 0.15) is 51.4 Å². The minimum absolute atomic E-state index is 0.0766. The molecular formula is C14H25NO3. The molecule has 2 fully saturated rings. The number of rotatable bonds is 4. The van der Waals surface area contributed by atoms with E-state index in [1.165, 1.54) is 0 Å². The lowest BCUT2D eigenvalue weighted by Crippen LogP contribution is -2.38. The number of hydrogen-bond donors (Lipinski definition) is 3. The Morgan fingerprint density at radius 1 is 1.00 bits per heavy atom. The zero-order valence-electron chi connectivity index (χ0n) is 11.0. The number of carbonyl (C=O) groups is 1. The first-order valence-corrected chi connectivity index (χ1v) is 7.29. The van der Waals surface area contributed by atoms with E-state index >= 15 is 0 Å². The molecule has 4 heteroatoms. The molecule has 0 aliphatic heterocycles. The molecule has 0 unspecified atom stereocenters. The van der Waals surface area contributed by atoms with Gasteiger partial charge in [-0.2, -0.15) is 0 Å². The number of carboxylic acid groups (broad SMARTS) is 1. The Balaban J connectivity index is 1.62. The highest BCUT2D eigenvalue weighted by Crippen LogP contribution is 2.26. The highest BCUT2D eigenvalue weighted by atomic mass is 16.4.